The van der Waals surface area contributed by atoms with Crippen LogP contribution in [0, 0.1) is 0 Å². The lowest BCUT2D eigenvalue weighted by molar-refractivity contribution is 0.00858. The summed E-state index contributed by atoms with van der Waals surface area (Å²) >= 11 is 0. The first-order valence-electron chi connectivity index (χ1n) is 6.76. The van der Waals surface area contributed by atoms with Gasteiger partial charge in [-0.3, -0.25) is 0 Å². The van der Waals surface area contributed by atoms with E-state index < -0.39 is 10.0 Å². The highest BCUT2D eigenvalue weighted by Crippen LogP contribution is 2.20. The second-order valence-electron chi connectivity index (χ2n) is 4.95. The molecule has 0 saturated carbocycles. The number of ether oxygens (including phenoxy) is 2. The molecule has 20 heavy (non-hydrogen) atoms. The number of likely N-dealkylation sites (N-methyl/N-ethyl adjacent to an activating group) is 1. The van der Waals surface area contributed by atoms with Crippen molar-refractivity contribution in [1.82, 2.24) is 4.31 Å². The monoisotopic (exact) mass is 299 g/mol. The van der Waals surface area contributed by atoms with E-state index in [0.717, 1.165) is 25.9 Å². The van der Waals surface area contributed by atoms with Crippen molar-refractivity contribution in [2.45, 2.75) is 30.3 Å². The Bertz CT molecular complexity index is 521. The highest BCUT2D eigenvalue weighted by molar-refractivity contribution is 7.89. The van der Waals surface area contributed by atoms with Crippen LogP contribution in [0.3, 0.4) is 0 Å². The third-order valence-electron chi connectivity index (χ3n) is 3.50. The maximum atomic E-state index is 12.4. The van der Waals surface area contributed by atoms with Crippen LogP contribution in [0.4, 0.5) is 0 Å². The normalized spacial score (nSPS) is 20.1. The Kier molecular flexibility index (Phi) is 5.01. The molecular formula is C14H21NO4S. The Labute approximate surface area is 120 Å². The van der Waals surface area contributed by atoms with E-state index in [-0.39, 0.29) is 11.0 Å². The van der Waals surface area contributed by atoms with E-state index in [4.69, 9.17) is 9.47 Å². The van der Waals surface area contributed by atoms with Gasteiger partial charge in [-0.05, 0) is 43.5 Å². The van der Waals surface area contributed by atoms with E-state index in [9.17, 15) is 8.42 Å². The number of rotatable bonds is 5. The summed E-state index contributed by atoms with van der Waals surface area (Å²) in [6, 6.07) is 6.43. The van der Waals surface area contributed by atoms with Gasteiger partial charge in [-0.25, -0.2) is 8.42 Å². The van der Waals surface area contributed by atoms with Crippen molar-refractivity contribution in [1.29, 1.82) is 0 Å². The average molecular weight is 299 g/mol. The molecule has 0 radical (unpaired) electrons. The molecule has 2 rings (SSSR count). The Morgan fingerprint density at radius 3 is 2.55 bits per heavy atom. The third kappa shape index (κ3) is 3.50. The van der Waals surface area contributed by atoms with Crippen molar-refractivity contribution in [2.24, 2.45) is 0 Å². The molecule has 0 bridgehead atoms. The quantitative estimate of drug-likeness (QED) is 0.833. The Balaban J connectivity index is 2.07. The predicted molar refractivity (Wildman–Crippen MR) is 76.4 cm³/mol. The van der Waals surface area contributed by atoms with Gasteiger partial charge in [0.15, 0.2) is 0 Å². The summed E-state index contributed by atoms with van der Waals surface area (Å²) in [5, 5.41) is 0. The highest BCUT2D eigenvalue weighted by Gasteiger charge is 2.25. The number of hydrogen-bond donors (Lipinski definition) is 0. The van der Waals surface area contributed by atoms with Gasteiger partial charge in [0.25, 0.3) is 0 Å². The molecule has 1 aromatic rings. The van der Waals surface area contributed by atoms with Crippen molar-refractivity contribution in [3.05, 3.63) is 24.3 Å². The largest absolute Gasteiger partial charge is 0.497 e. The first kappa shape index (κ1) is 15.3. The lowest BCUT2D eigenvalue weighted by Gasteiger charge is -2.27. The molecule has 1 unspecified atom stereocenters. The molecule has 0 aliphatic carbocycles. The van der Waals surface area contributed by atoms with Gasteiger partial charge in [-0.2, -0.15) is 4.31 Å². The molecule has 1 saturated heterocycles. The van der Waals surface area contributed by atoms with Crippen LogP contribution in [0.2, 0.25) is 0 Å². The Hall–Kier alpha value is -1.11. The fourth-order valence-corrected chi connectivity index (χ4v) is 3.47. The topological polar surface area (TPSA) is 55.8 Å². The molecule has 1 fully saturated rings. The fraction of sp³-hybridized carbons (Fsp3) is 0.571. The number of hydrogen-bond acceptors (Lipinski definition) is 4. The molecule has 0 aromatic heterocycles. The van der Waals surface area contributed by atoms with Gasteiger partial charge in [0.2, 0.25) is 10.0 Å². The zero-order valence-corrected chi connectivity index (χ0v) is 12.7. The number of sulfonamides is 1. The lowest BCUT2D eigenvalue weighted by Crippen LogP contribution is -2.37. The number of methoxy groups -OCH3 is 1. The minimum atomic E-state index is -3.47. The van der Waals surface area contributed by atoms with E-state index >= 15 is 0 Å². The van der Waals surface area contributed by atoms with Crippen LogP contribution in [0.1, 0.15) is 19.3 Å². The fourth-order valence-electron chi connectivity index (χ4n) is 2.26. The van der Waals surface area contributed by atoms with Crippen LogP contribution in [-0.4, -0.2) is 46.1 Å². The standard InChI is InChI=1S/C14H21NO4S/c1-15(11-13-5-3-4-10-19-13)20(16,17)14-8-6-12(18-2)7-9-14/h6-9,13H,3-5,10-11H2,1-2H3. The maximum absolute atomic E-state index is 12.4. The van der Waals surface area contributed by atoms with Crippen molar-refractivity contribution in [3.8, 4) is 5.75 Å². The van der Waals surface area contributed by atoms with Crippen LogP contribution in [0.15, 0.2) is 29.2 Å². The molecule has 1 heterocycles. The third-order valence-corrected chi connectivity index (χ3v) is 5.34. The van der Waals surface area contributed by atoms with E-state index in [1.807, 2.05) is 0 Å². The van der Waals surface area contributed by atoms with Gasteiger partial charge in [-0.1, -0.05) is 0 Å². The smallest absolute Gasteiger partial charge is 0.242 e. The van der Waals surface area contributed by atoms with Gasteiger partial charge >= 0.3 is 0 Å². The van der Waals surface area contributed by atoms with E-state index in [0.29, 0.717) is 12.3 Å². The van der Waals surface area contributed by atoms with Gasteiger partial charge in [0.1, 0.15) is 5.75 Å². The Morgan fingerprint density at radius 1 is 1.30 bits per heavy atom. The summed E-state index contributed by atoms with van der Waals surface area (Å²) in [5.74, 6) is 0.641. The molecule has 1 aliphatic rings. The zero-order chi connectivity index (χ0) is 14.6. The molecule has 112 valence electrons. The maximum Gasteiger partial charge on any atom is 0.242 e. The van der Waals surface area contributed by atoms with E-state index in [1.165, 1.54) is 4.31 Å². The molecular weight excluding hydrogens is 278 g/mol. The van der Waals surface area contributed by atoms with Crippen molar-refractivity contribution < 1.29 is 17.9 Å². The van der Waals surface area contributed by atoms with Crippen molar-refractivity contribution in [2.75, 3.05) is 27.3 Å². The Morgan fingerprint density at radius 2 is 2.00 bits per heavy atom. The zero-order valence-electron chi connectivity index (χ0n) is 11.9. The number of benzene rings is 1. The molecule has 6 heteroatoms. The van der Waals surface area contributed by atoms with Crippen LogP contribution in [0.5, 0.6) is 5.75 Å². The summed E-state index contributed by atoms with van der Waals surface area (Å²) < 4.78 is 36.9. The molecule has 1 aliphatic heterocycles. The SMILES string of the molecule is COc1ccc(S(=O)(=O)N(C)CC2CCCCO2)cc1. The predicted octanol–water partition coefficient (Wildman–Crippen LogP) is 1.88. The second-order valence-corrected chi connectivity index (χ2v) is 6.99. The summed E-state index contributed by atoms with van der Waals surface area (Å²) in [6.07, 6.45) is 3.08. The van der Waals surface area contributed by atoms with Gasteiger partial charge in [0, 0.05) is 20.2 Å². The molecule has 5 nitrogen and oxygen atoms in total. The van der Waals surface area contributed by atoms with E-state index in [2.05, 4.69) is 0 Å². The first-order chi connectivity index (χ1) is 9.54. The van der Waals surface area contributed by atoms with Gasteiger partial charge in [-0.15, -0.1) is 0 Å². The average Bonchev–Trinajstić information content (AvgIpc) is 2.48. The second kappa shape index (κ2) is 6.56. The first-order valence-corrected chi connectivity index (χ1v) is 8.20. The lowest BCUT2D eigenvalue weighted by atomic mass is 10.1. The van der Waals surface area contributed by atoms with Crippen LogP contribution in [-0.2, 0) is 14.8 Å². The van der Waals surface area contributed by atoms with Crippen LogP contribution in [0.25, 0.3) is 0 Å². The van der Waals surface area contributed by atoms with Crippen molar-refractivity contribution >= 4 is 10.0 Å². The summed E-state index contributed by atoms with van der Waals surface area (Å²) in [4.78, 5) is 0.275. The minimum absolute atomic E-state index is 0.00164. The molecule has 0 amide bonds. The molecule has 1 aromatic carbocycles. The summed E-state index contributed by atoms with van der Waals surface area (Å²) in [6.45, 7) is 1.12. The number of nitrogens with zero attached hydrogens (tertiary/aromatic N) is 1. The summed E-state index contributed by atoms with van der Waals surface area (Å²) in [5.41, 5.74) is 0. The van der Waals surface area contributed by atoms with Crippen LogP contribution >= 0.6 is 0 Å². The molecule has 0 spiro atoms. The van der Waals surface area contributed by atoms with Gasteiger partial charge in [0.05, 0.1) is 18.1 Å². The van der Waals surface area contributed by atoms with Gasteiger partial charge < -0.3 is 9.47 Å². The highest BCUT2D eigenvalue weighted by atomic mass is 32.2. The van der Waals surface area contributed by atoms with Crippen LogP contribution < -0.4 is 4.74 Å². The summed E-state index contributed by atoms with van der Waals surface area (Å²) in [7, 11) is -0.319. The minimum Gasteiger partial charge on any atom is -0.497 e. The molecule has 0 N–H and O–H groups in total. The van der Waals surface area contributed by atoms with Crippen molar-refractivity contribution in [3.63, 3.8) is 0 Å². The van der Waals surface area contributed by atoms with E-state index in [1.54, 1.807) is 38.4 Å². The molecule has 1 atom stereocenters.